The molecule has 1 N–H and O–H groups in total. The summed E-state index contributed by atoms with van der Waals surface area (Å²) in [5.41, 5.74) is -0.0744. The number of pyridine rings is 1. The van der Waals surface area contributed by atoms with Crippen molar-refractivity contribution >= 4 is 33.4 Å². The molecule has 4 nitrogen and oxygen atoms in total. The van der Waals surface area contributed by atoms with Crippen LogP contribution in [-0.2, 0) is 4.74 Å². The van der Waals surface area contributed by atoms with Gasteiger partial charge in [0.15, 0.2) is 0 Å². The molecule has 1 aromatic heterocycles. The Kier molecular flexibility index (Phi) is 4.91. The monoisotopic (exact) mass is 320 g/mol. The predicted molar refractivity (Wildman–Crippen MR) is 70.4 cm³/mol. The normalized spacial score (nSPS) is 11.4. The molecule has 0 aliphatic carbocycles. The summed E-state index contributed by atoms with van der Waals surface area (Å²) in [4.78, 5) is 15.8. The maximum Gasteiger partial charge on any atom is 0.254 e. The number of carbonyl (C=O) groups excluding carboxylic acids is 1. The minimum Gasteiger partial charge on any atom is -0.377 e. The van der Waals surface area contributed by atoms with Crippen molar-refractivity contribution in [3.63, 3.8) is 0 Å². The van der Waals surface area contributed by atoms with Crippen molar-refractivity contribution in [1.29, 1.82) is 0 Å². The largest absolute Gasteiger partial charge is 0.377 e. The molecule has 0 radical (unpaired) electrons. The van der Waals surface area contributed by atoms with Gasteiger partial charge in [0.05, 0.1) is 11.2 Å². The molecule has 0 fully saturated rings. The summed E-state index contributed by atoms with van der Waals surface area (Å²) in [5.74, 6) is -0.270. The number of carbonyl (C=O) groups is 1. The third-order valence-electron chi connectivity index (χ3n) is 2.28. The quantitative estimate of drug-likeness (QED) is 0.867. The highest BCUT2D eigenvalue weighted by atomic mass is 79.9. The highest BCUT2D eigenvalue weighted by molar-refractivity contribution is 9.10. The lowest BCUT2D eigenvalue weighted by Crippen LogP contribution is -2.39. The summed E-state index contributed by atoms with van der Waals surface area (Å²) in [7, 11) is 1.60. The van der Waals surface area contributed by atoms with E-state index < -0.39 is 5.60 Å². The number of nitrogens with zero attached hydrogens (tertiary/aromatic N) is 1. The number of halogens is 2. The van der Waals surface area contributed by atoms with Crippen LogP contribution in [0.25, 0.3) is 0 Å². The van der Waals surface area contributed by atoms with E-state index in [0.717, 1.165) is 0 Å². The van der Waals surface area contributed by atoms with Crippen molar-refractivity contribution < 1.29 is 9.53 Å². The van der Waals surface area contributed by atoms with Gasteiger partial charge in [-0.15, -0.1) is 0 Å². The highest BCUT2D eigenvalue weighted by Gasteiger charge is 2.19. The Hall–Kier alpha value is -0.650. The fourth-order valence-electron chi connectivity index (χ4n) is 1.04. The fourth-order valence-corrected chi connectivity index (χ4v) is 1.56. The number of amides is 1. The summed E-state index contributed by atoms with van der Waals surface area (Å²) < 4.78 is 5.91. The third-order valence-corrected chi connectivity index (χ3v) is 3.01. The Balaban J connectivity index is 2.74. The van der Waals surface area contributed by atoms with Crippen LogP contribution in [0.4, 0.5) is 0 Å². The number of aromatic nitrogens is 1. The third kappa shape index (κ3) is 4.26. The van der Waals surface area contributed by atoms with Crippen LogP contribution in [0.5, 0.6) is 0 Å². The number of nitrogens with one attached hydrogen (secondary N) is 1. The fraction of sp³-hybridized carbons (Fsp3) is 0.455. The summed E-state index contributed by atoms with van der Waals surface area (Å²) >= 11 is 9.09. The van der Waals surface area contributed by atoms with E-state index in [9.17, 15) is 4.79 Å². The molecule has 1 aromatic rings. The number of hydrogen-bond acceptors (Lipinski definition) is 3. The first kappa shape index (κ1) is 14.4. The summed E-state index contributed by atoms with van der Waals surface area (Å²) in [6.45, 7) is 4.16. The smallest absolute Gasteiger partial charge is 0.254 e. The zero-order chi connectivity index (χ0) is 13.1. The average Bonchev–Trinajstić information content (AvgIpc) is 2.29. The van der Waals surface area contributed by atoms with Gasteiger partial charge in [-0.05, 0) is 35.8 Å². The molecule has 94 valence electrons. The van der Waals surface area contributed by atoms with Crippen LogP contribution < -0.4 is 5.32 Å². The zero-order valence-corrected chi connectivity index (χ0v) is 12.2. The van der Waals surface area contributed by atoms with Gasteiger partial charge in [-0.2, -0.15) is 0 Å². The minimum atomic E-state index is -0.415. The zero-order valence-electron chi connectivity index (χ0n) is 9.88. The Labute approximate surface area is 114 Å². The molecule has 0 bridgehead atoms. The molecule has 17 heavy (non-hydrogen) atoms. The molecular formula is C11H14BrClN2O2. The molecule has 0 saturated carbocycles. The van der Waals surface area contributed by atoms with Gasteiger partial charge in [0.2, 0.25) is 0 Å². The molecular weight excluding hydrogens is 307 g/mol. The molecule has 0 aromatic carbocycles. The first-order valence-corrected chi connectivity index (χ1v) is 6.17. The molecule has 0 spiro atoms. The number of rotatable bonds is 4. The first-order chi connectivity index (χ1) is 7.85. The number of ether oxygens (including phenoxy) is 1. The van der Waals surface area contributed by atoms with Gasteiger partial charge in [-0.25, -0.2) is 4.98 Å². The molecule has 1 rings (SSSR count). The Morgan fingerprint density at radius 2 is 2.29 bits per heavy atom. The van der Waals surface area contributed by atoms with Crippen LogP contribution in [0.3, 0.4) is 0 Å². The lowest BCUT2D eigenvalue weighted by molar-refractivity contribution is 0.0228. The maximum absolute atomic E-state index is 11.9. The second kappa shape index (κ2) is 5.80. The van der Waals surface area contributed by atoms with E-state index in [1.807, 2.05) is 13.8 Å². The summed E-state index contributed by atoms with van der Waals surface area (Å²) in [5, 5.41) is 2.93. The topological polar surface area (TPSA) is 51.2 Å². The van der Waals surface area contributed by atoms with Crippen molar-refractivity contribution in [3.05, 3.63) is 27.5 Å². The molecule has 6 heteroatoms. The number of hydrogen-bond donors (Lipinski definition) is 1. The van der Waals surface area contributed by atoms with E-state index in [0.29, 0.717) is 16.6 Å². The average molecular weight is 322 g/mol. The van der Waals surface area contributed by atoms with Crippen molar-refractivity contribution in [1.82, 2.24) is 10.3 Å². The SMILES string of the molecule is COC(C)(C)CNC(=O)c1cc(Br)cnc1Cl. The molecule has 0 unspecified atom stereocenters. The predicted octanol–water partition coefficient (Wildman–Crippen LogP) is 2.65. The molecule has 1 heterocycles. The van der Waals surface area contributed by atoms with Crippen molar-refractivity contribution in [2.45, 2.75) is 19.4 Å². The van der Waals surface area contributed by atoms with E-state index in [2.05, 4.69) is 26.2 Å². The van der Waals surface area contributed by atoms with Crippen molar-refractivity contribution in [2.24, 2.45) is 0 Å². The minimum absolute atomic E-state index is 0.181. The van der Waals surface area contributed by atoms with Crippen LogP contribution in [0, 0.1) is 0 Å². The molecule has 0 aliphatic heterocycles. The van der Waals surface area contributed by atoms with Gasteiger partial charge >= 0.3 is 0 Å². The first-order valence-electron chi connectivity index (χ1n) is 5.00. The lowest BCUT2D eigenvalue weighted by atomic mass is 10.1. The van der Waals surface area contributed by atoms with Gasteiger partial charge in [-0.1, -0.05) is 11.6 Å². The molecule has 0 atom stereocenters. The van der Waals surface area contributed by atoms with Crippen LogP contribution >= 0.6 is 27.5 Å². The Morgan fingerprint density at radius 3 is 2.88 bits per heavy atom. The summed E-state index contributed by atoms with van der Waals surface area (Å²) in [6.07, 6.45) is 1.54. The van der Waals surface area contributed by atoms with E-state index in [4.69, 9.17) is 16.3 Å². The lowest BCUT2D eigenvalue weighted by Gasteiger charge is -2.23. The van der Waals surface area contributed by atoms with Gasteiger partial charge in [-0.3, -0.25) is 4.79 Å². The second-order valence-electron chi connectivity index (χ2n) is 4.14. The van der Waals surface area contributed by atoms with Crippen LogP contribution in [0.15, 0.2) is 16.7 Å². The van der Waals surface area contributed by atoms with Crippen molar-refractivity contribution in [3.8, 4) is 0 Å². The molecule has 0 saturated heterocycles. The Morgan fingerprint density at radius 1 is 1.65 bits per heavy atom. The van der Waals surface area contributed by atoms with Crippen LogP contribution in [0.2, 0.25) is 5.15 Å². The molecule has 1 amide bonds. The van der Waals surface area contributed by atoms with E-state index in [1.165, 1.54) is 6.20 Å². The van der Waals surface area contributed by atoms with Crippen LogP contribution in [-0.4, -0.2) is 30.1 Å². The van der Waals surface area contributed by atoms with Gasteiger partial charge in [0.25, 0.3) is 5.91 Å². The number of methoxy groups -OCH3 is 1. The van der Waals surface area contributed by atoms with Crippen LogP contribution in [0.1, 0.15) is 24.2 Å². The Bertz CT molecular complexity index is 424. The van der Waals surface area contributed by atoms with Gasteiger partial charge in [0.1, 0.15) is 5.15 Å². The highest BCUT2D eigenvalue weighted by Crippen LogP contribution is 2.18. The maximum atomic E-state index is 11.9. The van der Waals surface area contributed by atoms with Gasteiger partial charge in [0, 0.05) is 24.3 Å². The second-order valence-corrected chi connectivity index (χ2v) is 5.41. The standard InChI is InChI=1S/C11H14BrClN2O2/c1-11(2,17-3)6-15-10(16)8-4-7(12)5-14-9(8)13/h4-5H,6H2,1-3H3,(H,15,16). The molecule has 0 aliphatic rings. The summed E-state index contributed by atoms with van der Waals surface area (Å²) in [6, 6.07) is 1.63. The van der Waals surface area contributed by atoms with E-state index in [-0.39, 0.29) is 11.1 Å². The van der Waals surface area contributed by atoms with Crippen molar-refractivity contribution in [2.75, 3.05) is 13.7 Å². The van der Waals surface area contributed by atoms with E-state index in [1.54, 1.807) is 13.2 Å². The van der Waals surface area contributed by atoms with E-state index >= 15 is 0 Å². The van der Waals surface area contributed by atoms with Gasteiger partial charge < -0.3 is 10.1 Å².